The fourth-order valence-corrected chi connectivity index (χ4v) is 3.64. The van der Waals surface area contributed by atoms with E-state index < -0.39 is 5.91 Å². The number of carbonyl (C=O) groups excluding carboxylic acids is 2. The SMILES string of the molecule is COc1cccc(C=Cc2ccc(C(N)=O)c(-c3cc(C(=O)NCCC(=N)NC(C)C)n(C)c3)n2)c1. The molecule has 0 saturated carbocycles. The molecule has 0 aliphatic carbocycles. The quantitative estimate of drug-likeness (QED) is 0.256. The molecule has 2 aromatic heterocycles. The summed E-state index contributed by atoms with van der Waals surface area (Å²) in [6.07, 6.45) is 5.87. The van der Waals surface area contributed by atoms with Gasteiger partial charge in [-0.1, -0.05) is 18.2 Å². The van der Waals surface area contributed by atoms with E-state index in [-0.39, 0.29) is 17.5 Å². The monoisotopic (exact) mass is 488 g/mol. The Balaban J connectivity index is 1.82. The van der Waals surface area contributed by atoms with Crippen molar-refractivity contribution in [2.45, 2.75) is 26.3 Å². The smallest absolute Gasteiger partial charge is 0.267 e. The second kappa shape index (κ2) is 11.8. The first-order valence-corrected chi connectivity index (χ1v) is 11.6. The maximum absolute atomic E-state index is 12.8. The van der Waals surface area contributed by atoms with Gasteiger partial charge in [-0.25, -0.2) is 4.98 Å². The molecule has 3 aromatic rings. The van der Waals surface area contributed by atoms with Gasteiger partial charge in [-0.15, -0.1) is 0 Å². The molecule has 5 N–H and O–H groups in total. The average molecular weight is 489 g/mol. The maximum atomic E-state index is 12.8. The van der Waals surface area contributed by atoms with Gasteiger partial charge < -0.3 is 25.7 Å². The summed E-state index contributed by atoms with van der Waals surface area (Å²) in [6.45, 7) is 4.24. The van der Waals surface area contributed by atoms with Crippen molar-refractivity contribution < 1.29 is 14.3 Å². The third-order valence-corrected chi connectivity index (χ3v) is 5.36. The second-order valence-corrected chi connectivity index (χ2v) is 8.61. The van der Waals surface area contributed by atoms with Crippen LogP contribution in [-0.4, -0.2) is 46.9 Å². The molecule has 2 amide bonds. The normalized spacial score (nSPS) is 11.0. The summed E-state index contributed by atoms with van der Waals surface area (Å²) >= 11 is 0. The lowest BCUT2D eigenvalue weighted by molar-refractivity contribution is 0.0945. The van der Waals surface area contributed by atoms with Gasteiger partial charge in [0.05, 0.1) is 29.9 Å². The topological polar surface area (TPSA) is 135 Å². The molecule has 0 unspecified atom stereocenters. The Bertz CT molecular complexity index is 1290. The van der Waals surface area contributed by atoms with E-state index in [1.807, 2.05) is 50.3 Å². The largest absolute Gasteiger partial charge is 0.497 e. The van der Waals surface area contributed by atoms with Gasteiger partial charge in [0.25, 0.3) is 11.8 Å². The van der Waals surface area contributed by atoms with Gasteiger partial charge in [-0.3, -0.25) is 15.0 Å². The molecule has 0 bridgehead atoms. The highest BCUT2D eigenvalue weighted by atomic mass is 16.5. The Kier molecular flexibility index (Phi) is 8.61. The molecular weight excluding hydrogens is 456 g/mol. The van der Waals surface area contributed by atoms with Crippen molar-refractivity contribution in [3.05, 3.63) is 71.2 Å². The molecule has 9 heteroatoms. The lowest BCUT2D eigenvalue weighted by atomic mass is 10.1. The molecule has 36 heavy (non-hydrogen) atoms. The van der Waals surface area contributed by atoms with E-state index in [0.717, 1.165) is 11.3 Å². The summed E-state index contributed by atoms with van der Waals surface area (Å²) in [5, 5.41) is 13.7. The van der Waals surface area contributed by atoms with Crippen LogP contribution in [0, 0.1) is 5.41 Å². The molecule has 0 spiro atoms. The summed E-state index contributed by atoms with van der Waals surface area (Å²) in [5.74, 6) is 0.229. The average Bonchev–Trinajstić information content (AvgIpc) is 3.23. The lowest BCUT2D eigenvalue weighted by Gasteiger charge is -2.11. The minimum Gasteiger partial charge on any atom is -0.497 e. The van der Waals surface area contributed by atoms with Gasteiger partial charge in [0.2, 0.25) is 0 Å². The number of benzene rings is 1. The zero-order valence-corrected chi connectivity index (χ0v) is 21.0. The number of amides is 2. The standard InChI is InChI=1S/C27H32N6O3/c1-17(2)31-24(28)12-13-30-27(35)23-15-19(16-33(23)3)25-22(26(29)34)11-10-20(32-25)9-8-18-6-5-7-21(14-18)36-4/h5-11,14-17H,12-13H2,1-4H3,(H2,28,31)(H2,29,34)(H,30,35). The van der Waals surface area contributed by atoms with Gasteiger partial charge in [0.15, 0.2) is 0 Å². The maximum Gasteiger partial charge on any atom is 0.267 e. The number of hydrogen-bond donors (Lipinski definition) is 4. The summed E-state index contributed by atoms with van der Waals surface area (Å²) in [5.41, 5.74) is 8.84. The molecule has 0 aliphatic heterocycles. The van der Waals surface area contributed by atoms with Crippen molar-refractivity contribution >= 4 is 29.8 Å². The second-order valence-electron chi connectivity index (χ2n) is 8.61. The number of rotatable bonds is 10. The van der Waals surface area contributed by atoms with Crippen LogP contribution in [0.25, 0.3) is 23.4 Å². The number of aromatic nitrogens is 2. The Hall–Kier alpha value is -4.40. The highest BCUT2D eigenvalue weighted by molar-refractivity contribution is 6.00. The Morgan fingerprint density at radius 3 is 2.67 bits per heavy atom. The van der Waals surface area contributed by atoms with Crippen LogP contribution >= 0.6 is 0 Å². The summed E-state index contributed by atoms with van der Waals surface area (Å²) in [6, 6.07) is 12.8. The van der Waals surface area contributed by atoms with Crippen molar-refractivity contribution in [1.29, 1.82) is 5.41 Å². The van der Waals surface area contributed by atoms with Crippen LogP contribution < -0.4 is 21.1 Å². The van der Waals surface area contributed by atoms with Crippen LogP contribution in [0.4, 0.5) is 0 Å². The van der Waals surface area contributed by atoms with Gasteiger partial charge in [0.1, 0.15) is 11.4 Å². The molecule has 0 aliphatic rings. The van der Waals surface area contributed by atoms with E-state index >= 15 is 0 Å². The van der Waals surface area contributed by atoms with E-state index in [1.165, 1.54) is 0 Å². The lowest BCUT2D eigenvalue weighted by Crippen LogP contribution is -2.34. The molecule has 0 radical (unpaired) electrons. The first-order valence-electron chi connectivity index (χ1n) is 11.6. The zero-order chi connectivity index (χ0) is 26.2. The van der Waals surface area contributed by atoms with Gasteiger partial charge in [-0.05, 0) is 55.8 Å². The van der Waals surface area contributed by atoms with Gasteiger partial charge in [0, 0.05) is 37.8 Å². The van der Waals surface area contributed by atoms with E-state index in [0.29, 0.717) is 41.4 Å². The minimum absolute atomic E-state index is 0.164. The van der Waals surface area contributed by atoms with E-state index in [2.05, 4.69) is 15.6 Å². The summed E-state index contributed by atoms with van der Waals surface area (Å²) < 4.78 is 6.93. The van der Waals surface area contributed by atoms with E-state index in [1.54, 1.807) is 43.1 Å². The third-order valence-electron chi connectivity index (χ3n) is 5.36. The fourth-order valence-electron chi connectivity index (χ4n) is 3.64. The minimum atomic E-state index is -0.605. The number of methoxy groups -OCH3 is 1. The summed E-state index contributed by atoms with van der Waals surface area (Å²) in [7, 11) is 3.36. The molecule has 3 rings (SSSR count). The molecular formula is C27H32N6O3. The number of aryl methyl sites for hydroxylation is 1. The fraction of sp³-hybridized carbons (Fsp3) is 0.259. The Morgan fingerprint density at radius 2 is 1.97 bits per heavy atom. The molecule has 188 valence electrons. The number of hydrogen-bond acceptors (Lipinski definition) is 5. The molecule has 1 aromatic carbocycles. The highest BCUT2D eigenvalue weighted by Crippen LogP contribution is 2.25. The summed E-state index contributed by atoms with van der Waals surface area (Å²) in [4.78, 5) is 29.5. The zero-order valence-electron chi connectivity index (χ0n) is 21.0. The third kappa shape index (κ3) is 6.82. The number of nitrogens with zero attached hydrogens (tertiary/aromatic N) is 2. The number of pyridine rings is 1. The Labute approximate surface area is 210 Å². The molecule has 9 nitrogen and oxygen atoms in total. The van der Waals surface area contributed by atoms with Crippen LogP contribution in [0.15, 0.2) is 48.7 Å². The highest BCUT2D eigenvalue weighted by Gasteiger charge is 2.18. The van der Waals surface area contributed by atoms with Crippen LogP contribution in [0.2, 0.25) is 0 Å². The van der Waals surface area contributed by atoms with Crippen molar-refractivity contribution in [3.8, 4) is 17.0 Å². The first kappa shape index (κ1) is 26.2. The van der Waals surface area contributed by atoms with Crippen LogP contribution in [-0.2, 0) is 7.05 Å². The van der Waals surface area contributed by atoms with Gasteiger partial charge >= 0.3 is 0 Å². The number of carbonyl (C=O) groups is 2. The van der Waals surface area contributed by atoms with Crippen LogP contribution in [0.3, 0.4) is 0 Å². The number of nitrogens with one attached hydrogen (secondary N) is 3. The van der Waals surface area contributed by atoms with Crippen LogP contribution in [0.5, 0.6) is 5.75 Å². The van der Waals surface area contributed by atoms with Gasteiger partial charge in [-0.2, -0.15) is 0 Å². The Morgan fingerprint density at radius 1 is 1.19 bits per heavy atom. The predicted octanol–water partition coefficient (Wildman–Crippen LogP) is 3.46. The van der Waals surface area contributed by atoms with Crippen molar-refractivity contribution in [2.75, 3.05) is 13.7 Å². The van der Waals surface area contributed by atoms with E-state index in [9.17, 15) is 9.59 Å². The predicted molar refractivity (Wildman–Crippen MR) is 142 cm³/mol. The van der Waals surface area contributed by atoms with Crippen molar-refractivity contribution in [3.63, 3.8) is 0 Å². The number of nitrogens with two attached hydrogens (primary N) is 1. The number of ether oxygens (including phenoxy) is 1. The number of amidine groups is 1. The molecule has 0 saturated heterocycles. The molecule has 0 atom stereocenters. The van der Waals surface area contributed by atoms with Crippen LogP contribution in [0.1, 0.15) is 52.4 Å². The molecule has 0 fully saturated rings. The van der Waals surface area contributed by atoms with Crippen molar-refractivity contribution in [2.24, 2.45) is 12.8 Å². The number of primary amides is 1. The molecule has 2 heterocycles. The van der Waals surface area contributed by atoms with E-state index in [4.69, 9.17) is 15.9 Å². The first-order chi connectivity index (χ1) is 17.2. The van der Waals surface area contributed by atoms with Crippen molar-refractivity contribution in [1.82, 2.24) is 20.2 Å².